The Morgan fingerprint density at radius 3 is 1.51 bits per heavy atom. The Morgan fingerprint density at radius 1 is 0.568 bits per heavy atom. The van der Waals surface area contributed by atoms with Crippen LogP contribution < -0.4 is 0 Å². The molecule has 0 fully saturated rings. The van der Waals surface area contributed by atoms with E-state index >= 15 is 0 Å². The molecule has 0 spiro atoms. The van der Waals surface area contributed by atoms with Crippen LogP contribution in [0.3, 0.4) is 0 Å². The van der Waals surface area contributed by atoms with Crippen LogP contribution in [0, 0.1) is 22.7 Å². The molecule has 2 atom stereocenters. The number of isocyanates is 6. The van der Waals surface area contributed by atoms with Crippen molar-refractivity contribution in [3.8, 4) is 0 Å². The highest BCUT2D eigenvalue weighted by Crippen LogP contribution is 2.29. The molecule has 2 unspecified atom stereocenters. The van der Waals surface area contributed by atoms with Gasteiger partial charge in [-0.3, -0.25) is 0 Å². The van der Waals surface area contributed by atoms with Gasteiger partial charge in [0.1, 0.15) is 0 Å². The van der Waals surface area contributed by atoms with Crippen LogP contribution in [0.15, 0.2) is 30.0 Å². The zero-order valence-electron chi connectivity index (χ0n) is 22.7. The Morgan fingerprint density at radius 2 is 1.03 bits per heavy atom. The van der Waals surface area contributed by atoms with Crippen LogP contribution >= 0.6 is 0 Å². The average Bonchev–Trinajstić information content (AvgIpc) is 2.82. The van der Waals surface area contributed by atoms with Crippen LogP contribution in [0.4, 0.5) is 0 Å². The summed E-state index contributed by atoms with van der Waals surface area (Å²) in [6.07, 6.45) is 12.2. The van der Waals surface area contributed by atoms with Crippen LogP contribution in [-0.4, -0.2) is 69.3 Å². The molecule has 0 aliphatic carbocycles. The summed E-state index contributed by atoms with van der Waals surface area (Å²) < 4.78 is 0. The Bertz CT molecular complexity index is 896. The molecule has 0 aromatic rings. The van der Waals surface area contributed by atoms with Gasteiger partial charge in [0.05, 0.1) is 26.2 Å². The molecule has 0 aromatic carbocycles. The van der Waals surface area contributed by atoms with Crippen LogP contribution in [0.5, 0.6) is 0 Å². The number of rotatable bonds is 16. The molecule has 204 valence electrons. The van der Waals surface area contributed by atoms with Gasteiger partial charge in [-0.15, -0.1) is 0 Å². The third-order valence-electron chi connectivity index (χ3n) is 4.87. The average molecular weight is 519 g/mol. The van der Waals surface area contributed by atoms with Crippen molar-refractivity contribution in [1.29, 1.82) is 0 Å². The fourth-order valence-electron chi connectivity index (χ4n) is 3.49. The Balaban J connectivity index is -0.000000501. The van der Waals surface area contributed by atoms with E-state index in [9.17, 15) is 28.8 Å². The second kappa shape index (κ2) is 25.4. The lowest BCUT2D eigenvalue weighted by atomic mass is 9.80. The van der Waals surface area contributed by atoms with Crippen LogP contribution in [-0.2, 0) is 28.8 Å². The van der Waals surface area contributed by atoms with Gasteiger partial charge < -0.3 is 0 Å². The minimum Gasteiger partial charge on any atom is -0.211 e. The number of nitrogens with zero attached hydrogens (tertiary/aromatic N) is 6. The van der Waals surface area contributed by atoms with Gasteiger partial charge in [-0.05, 0) is 48.3 Å². The quantitative estimate of drug-likeness (QED) is 0.221. The van der Waals surface area contributed by atoms with E-state index in [-0.39, 0.29) is 17.5 Å². The van der Waals surface area contributed by atoms with Crippen molar-refractivity contribution in [2.24, 2.45) is 52.6 Å². The van der Waals surface area contributed by atoms with Crippen molar-refractivity contribution in [1.82, 2.24) is 0 Å². The summed E-state index contributed by atoms with van der Waals surface area (Å²) in [6, 6.07) is 0. The summed E-state index contributed by atoms with van der Waals surface area (Å²) in [5.74, 6) is 0.806. The monoisotopic (exact) mass is 518 g/mol. The molecule has 0 aliphatic rings. The minimum atomic E-state index is -0.160. The van der Waals surface area contributed by atoms with Crippen molar-refractivity contribution in [2.45, 2.75) is 67.2 Å². The lowest BCUT2D eigenvalue weighted by molar-refractivity contribution is 0.264. The molecule has 37 heavy (non-hydrogen) atoms. The zero-order chi connectivity index (χ0) is 29.0. The van der Waals surface area contributed by atoms with Crippen LogP contribution in [0.2, 0.25) is 0 Å². The molecule has 12 nitrogen and oxygen atoms in total. The Kier molecular flexibility index (Phi) is 25.9. The van der Waals surface area contributed by atoms with E-state index in [2.05, 4.69) is 64.6 Å². The number of hydrogen-bond donors (Lipinski definition) is 0. The minimum absolute atomic E-state index is 0.00171. The first-order valence-electron chi connectivity index (χ1n) is 11.7. The maximum Gasteiger partial charge on any atom is 0.236 e. The molecule has 0 saturated carbocycles. The van der Waals surface area contributed by atoms with Gasteiger partial charge >= 0.3 is 0 Å². The third-order valence-corrected chi connectivity index (χ3v) is 4.87. The molecule has 0 radical (unpaired) electrons. The van der Waals surface area contributed by atoms with Crippen molar-refractivity contribution in [3.63, 3.8) is 0 Å². The summed E-state index contributed by atoms with van der Waals surface area (Å²) in [7, 11) is 0. The largest absolute Gasteiger partial charge is 0.236 e. The summed E-state index contributed by atoms with van der Waals surface area (Å²) in [4.78, 5) is 78.2. The molecule has 0 saturated heterocycles. The number of hydrogen-bond acceptors (Lipinski definition) is 12. The first kappa shape index (κ1) is 37.8. The third kappa shape index (κ3) is 32.3. The molecule has 0 bridgehead atoms. The molecule has 12 heteroatoms. The zero-order valence-corrected chi connectivity index (χ0v) is 22.7. The van der Waals surface area contributed by atoms with Gasteiger partial charge in [0.25, 0.3) is 0 Å². The first-order valence-corrected chi connectivity index (χ1v) is 11.7. The topological polar surface area (TPSA) is 177 Å². The normalized spacial score (nSPS) is 11.2. The maximum atomic E-state index is 10.00. The number of carbonyl (C=O) groups excluding carboxylic acids is 6. The summed E-state index contributed by atoms with van der Waals surface area (Å²) in [5.41, 5.74) is 0.111. The number of aliphatic imine (C=N–C) groups is 6. The molecule has 0 aromatic heterocycles. The van der Waals surface area contributed by atoms with Crippen molar-refractivity contribution >= 4 is 36.5 Å². The van der Waals surface area contributed by atoms with Gasteiger partial charge in [-0.1, -0.05) is 41.5 Å². The van der Waals surface area contributed by atoms with E-state index in [4.69, 9.17) is 0 Å². The predicted molar refractivity (Wildman–Crippen MR) is 137 cm³/mol. The fourth-order valence-corrected chi connectivity index (χ4v) is 3.49. The van der Waals surface area contributed by atoms with E-state index in [0.29, 0.717) is 38.0 Å². The van der Waals surface area contributed by atoms with Gasteiger partial charge in [-0.2, -0.15) is 9.98 Å². The van der Waals surface area contributed by atoms with Gasteiger partial charge in [0, 0.05) is 0 Å². The molecule has 0 aliphatic heterocycles. The Labute approximate surface area is 218 Å². The van der Waals surface area contributed by atoms with Gasteiger partial charge in [-0.25, -0.2) is 48.7 Å². The lowest BCUT2D eigenvalue weighted by Gasteiger charge is -2.26. The SMILES string of the molecule is CC(CCN=C=O)CC(C)(C)CN=C=O.CC(CN=C=O)CC(C)(C)CCN=C=O.O=C=NCN=C=O. The maximum absolute atomic E-state index is 10.00. The molecule has 0 rings (SSSR count). The first-order chi connectivity index (χ1) is 17.4. The smallest absolute Gasteiger partial charge is 0.211 e. The van der Waals surface area contributed by atoms with E-state index in [1.807, 2.05) is 6.92 Å². The Hall–Kier alpha value is -3.72. The molecule has 0 heterocycles. The lowest BCUT2D eigenvalue weighted by Crippen LogP contribution is -2.19. The van der Waals surface area contributed by atoms with Gasteiger partial charge in [0.2, 0.25) is 36.5 Å². The summed E-state index contributed by atoms with van der Waals surface area (Å²) >= 11 is 0. The van der Waals surface area contributed by atoms with Crippen molar-refractivity contribution in [2.75, 3.05) is 32.8 Å². The van der Waals surface area contributed by atoms with E-state index in [0.717, 1.165) is 25.7 Å². The second-order valence-electron chi connectivity index (χ2n) is 9.91. The van der Waals surface area contributed by atoms with E-state index < -0.39 is 0 Å². The van der Waals surface area contributed by atoms with Crippen molar-refractivity contribution < 1.29 is 28.8 Å². The van der Waals surface area contributed by atoms with E-state index in [1.54, 1.807) is 12.2 Å². The fraction of sp³-hybridized carbons (Fsp3) is 0.760. The summed E-state index contributed by atoms with van der Waals surface area (Å²) in [6.45, 7) is 14.4. The van der Waals surface area contributed by atoms with Crippen LogP contribution in [0.1, 0.15) is 67.2 Å². The predicted octanol–water partition coefficient (Wildman–Crippen LogP) is 3.82. The summed E-state index contributed by atoms with van der Waals surface area (Å²) in [5, 5.41) is 0. The van der Waals surface area contributed by atoms with E-state index in [1.165, 1.54) is 24.3 Å². The second-order valence-corrected chi connectivity index (χ2v) is 9.91. The van der Waals surface area contributed by atoms with Crippen molar-refractivity contribution in [3.05, 3.63) is 0 Å². The molecule has 0 N–H and O–H groups in total. The van der Waals surface area contributed by atoms with Gasteiger partial charge in [0.15, 0.2) is 6.67 Å². The molecular formula is C25H38N6O6. The highest BCUT2D eigenvalue weighted by atomic mass is 16.1. The molecular weight excluding hydrogens is 480 g/mol. The highest BCUT2D eigenvalue weighted by molar-refractivity contribution is 5.35. The molecule has 0 amide bonds. The highest BCUT2D eigenvalue weighted by Gasteiger charge is 2.21. The van der Waals surface area contributed by atoms with Crippen LogP contribution in [0.25, 0.3) is 0 Å². The standard InChI is InChI=1S/2C11H18N2O2.C3H2N2O2/c1-10(7-13-9-15)6-11(2,3)4-5-12-8-14;1-10(4-5-12-8-14)6-11(2,3)7-13-9-15;6-2-4-1-5-3-7/h2*10H,4-7H2,1-3H3;1H2.